The van der Waals surface area contributed by atoms with E-state index in [-0.39, 0.29) is 11.0 Å². The van der Waals surface area contributed by atoms with Crippen LogP contribution in [0.5, 0.6) is 0 Å². The first-order valence-electron chi connectivity index (χ1n) is 6.33. The van der Waals surface area contributed by atoms with Crippen molar-refractivity contribution >= 4 is 6.01 Å². The van der Waals surface area contributed by atoms with Gasteiger partial charge in [-0.1, -0.05) is 20.8 Å². The maximum Gasteiger partial charge on any atom is 0.0867 e. The minimum absolute atomic E-state index is 0.00840. The van der Waals surface area contributed by atoms with Gasteiger partial charge in [-0.3, -0.25) is 0 Å². The van der Waals surface area contributed by atoms with Gasteiger partial charge < -0.3 is 10.6 Å². The van der Waals surface area contributed by atoms with Crippen molar-refractivity contribution in [3.63, 3.8) is 0 Å². The molecule has 0 aliphatic carbocycles. The van der Waals surface area contributed by atoms with Crippen LogP contribution in [0.2, 0.25) is 0 Å². The number of nitrogens with one attached hydrogen (secondary N) is 1. The Kier molecular flexibility index (Phi) is 6.61. The SMILES string of the molecule is CCC(CCCN)(N=C=N)C(C)(C)CN(C)C. The van der Waals surface area contributed by atoms with E-state index in [2.05, 4.69) is 50.8 Å². The van der Waals surface area contributed by atoms with Gasteiger partial charge in [0.1, 0.15) is 0 Å². The Labute approximate surface area is 106 Å². The van der Waals surface area contributed by atoms with Crippen molar-refractivity contribution in [2.45, 2.75) is 45.6 Å². The van der Waals surface area contributed by atoms with Crippen LogP contribution in [0.3, 0.4) is 0 Å². The van der Waals surface area contributed by atoms with Crippen LogP contribution >= 0.6 is 0 Å². The van der Waals surface area contributed by atoms with E-state index >= 15 is 0 Å². The van der Waals surface area contributed by atoms with E-state index in [4.69, 9.17) is 11.1 Å². The molecule has 17 heavy (non-hydrogen) atoms. The Morgan fingerprint density at radius 1 is 1.35 bits per heavy atom. The number of aliphatic imine (C=N–C) groups is 1. The van der Waals surface area contributed by atoms with E-state index in [0.717, 1.165) is 25.8 Å². The fourth-order valence-electron chi connectivity index (χ4n) is 2.72. The number of hydrogen-bond acceptors (Lipinski definition) is 4. The quantitative estimate of drug-likeness (QED) is 0.639. The summed E-state index contributed by atoms with van der Waals surface area (Å²) in [5.41, 5.74) is 5.40. The molecule has 0 rings (SSSR count). The molecule has 3 N–H and O–H groups in total. The molecule has 0 fully saturated rings. The van der Waals surface area contributed by atoms with E-state index in [1.807, 2.05) is 0 Å². The van der Waals surface area contributed by atoms with Crippen LogP contribution in [0, 0.1) is 10.8 Å². The van der Waals surface area contributed by atoms with Gasteiger partial charge >= 0.3 is 0 Å². The second-order valence-corrected chi connectivity index (χ2v) is 5.62. The summed E-state index contributed by atoms with van der Waals surface area (Å²) in [4.78, 5) is 6.54. The molecule has 0 radical (unpaired) electrons. The highest BCUT2D eigenvalue weighted by atomic mass is 15.1. The molecule has 0 aliphatic rings. The zero-order valence-corrected chi connectivity index (χ0v) is 12.0. The highest BCUT2D eigenvalue weighted by Gasteiger charge is 2.43. The summed E-state index contributed by atoms with van der Waals surface area (Å²) in [6.07, 6.45) is 2.78. The first kappa shape index (κ1) is 16.3. The molecule has 4 nitrogen and oxygen atoms in total. The highest BCUT2D eigenvalue weighted by Crippen LogP contribution is 2.41. The van der Waals surface area contributed by atoms with Crippen molar-refractivity contribution < 1.29 is 0 Å². The summed E-state index contributed by atoms with van der Waals surface area (Å²) in [5.74, 6) is 0. The molecule has 0 saturated carbocycles. The van der Waals surface area contributed by atoms with Crippen LogP contribution in [-0.2, 0) is 0 Å². The molecule has 0 aromatic heterocycles. The molecule has 0 aromatic rings. The lowest BCUT2D eigenvalue weighted by molar-refractivity contribution is 0.107. The average Bonchev–Trinajstić information content (AvgIpc) is 2.22. The largest absolute Gasteiger partial charge is 0.330 e. The van der Waals surface area contributed by atoms with Crippen molar-refractivity contribution in [1.29, 1.82) is 5.41 Å². The Balaban J connectivity index is 5.17. The van der Waals surface area contributed by atoms with E-state index in [0.29, 0.717) is 6.54 Å². The van der Waals surface area contributed by atoms with E-state index in [1.165, 1.54) is 0 Å². The lowest BCUT2D eigenvalue weighted by Gasteiger charge is -2.44. The van der Waals surface area contributed by atoms with Crippen LogP contribution in [0.4, 0.5) is 0 Å². The van der Waals surface area contributed by atoms with Gasteiger partial charge in [0.25, 0.3) is 0 Å². The zero-order valence-electron chi connectivity index (χ0n) is 12.0. The summed E-state index contributed by atoms with van der Waals surface area (Å²) in [5, 5.41) is 7.20. The number of rotatable bonds is 8. The smallest absolute Gasteiger partial charge is 0.0867 e. The van der Waals surface area contributed by atoms with Crippen molar-refractivity contribution in [2.24, 2.45) is 16.1 Å². The molecular formula is C13H28N4. The summed E-state index contributed by atoms with van der Waals surface area (Å²) in [7, 11) is 4.14. The molecule has 0 bridgehead atoms. The molecule has 0 aliphatic heterocycles. The van der Waals surface area contributed by atoms with E-state index < -0.39 is 0 Å². The van der Waals surface area contributed by atoms with Gasteiger partial charge in [-0.25, -0.2) is 10.4 Å². The average molecular weight is 240 g/mol. The summed E-state index contributed by atoms with van der Waals surface area (Å²) in [6, 6.07) is 2.26. The molecular weight excluding hydrogens is 212 g/mol. The minimum Gasteiger partial charge on any atom is -0.330 e. The second-order valence-electron chi connectivity index (χ2n) is 5.62. The van der Waals surface area contributed by atoms with E-state index in [9.17, 15) is 0 Å². The third kappa shape index (κ3) is 4.23. The summed E-state index contributed by atoms with van der Waals surface area (Å²) in [6.45, 7) is 8.18. The highest BCUT2D eigenvalue weighted by molar-refractivity contribution is 5.38. The van der Waals surface area contributed by atoms with Crippen molar-refractivity contribution in [3.05, 3.63) is 0 Å². The van der Waals surface area contributed by atoms with Crippen LogP contribution in [-0.4, -0.2) is 43.6 Å². The van der Waals surface area contributed by atoms with Crippen LogP contribution in [0.1, 0.15) is 40.0 Å². The third-order valence-electron chi connectivity index (χ3n) is 3.62. The second kappa shape index (κ2) is 6.90. The van der Waals surface area contributed by atoms with Crippen LogP contribution < -0.4 is 5.73 Å². The molecule has 1 unspecified atom stereocenters. The molecule has 0 amide bonds. The van der Waals surface area contributed by atoms with Crippen molar-refractivity contribution in [2.75, 3.05) is 27.2 Å². The molecule has 4 heteroatoms. The Morgan fingerprint density at radius 2 is 1.94 bits per heavy atom. The minimum atomic E-state index is -0.224. The van der Waals surface area contributed by atoms with Gasteiger partial charge in [0, 0.05) is 12.0 Å². The summed E-state index contributed by atoms with van der Waals surface area (Å²) >= 11 is 0. The number of nitrogens with two attached hydrogens (primary N) is 1. The lowest BCUT2D eigenvalue weighted by atomic mass is 9.68. The van der Waals surface area contributed by atoms with Gasteiger partial charge in [0.05, 0.1) is 11.5 Å². The van der Waals surface area contributed by atoms with Crippen molar-refractivity contribution in [3.8, 4) is 0 Å². The first-order chi connectivity index (χ1) is 7.85. The monoisotopic (exact) mass is 240 g/mol. The van der Waals surface area contributed by atoms with Gasteiger partial charge in [-0.15, -0.1) is 0 Å². The summed E-state index contributed by atoms with van der Waals surface area (Å²) < 4.78 is 0. The van der Waals surface area contributed by atoms with Crippen LogP contribution in [0.15, 0.2) is 4.99 Å². The zero-order chi connectivity index (χ0) is 13.5. The Hall–Kier alpha value is -0.700. The first-order valence-corrected chi connectivity index (χ1v) is 6.33. The predicted molar refractivity (Wildman–Crippen MR) is 73.8 cm³/mol. The van der Waals surface area contributed by atoms with Gasteiger partial charge in [0.15, 0.2) is 0 Å². The van der Waals surface area contributed by atoms with Crippen LogP contribution in [0.25, 0.3) is 0 Å². The third-order valence-corrected chi connectivity index (χ3v) is 3.62. The van der Waals surface area contributed by atoms with Gasteiger partial charge in [0.2, 0.25) is 0 Å². The maximum absolute atomic E-state index is 7.20. The Morgan fingerprint density at radius 3 is 2.29 bits per heavy atom. The fraction of sp³-hybridized carbons (Fsp3) is 0.923. The number of hydrogen-bond donors (Lipinski definition) is 2. The molecule has 100 valence electrons. The van der Waals surface area contributed by atoms with Crippen molar-refractivity contribution in [1.82, 2.24) is 4.90 Å². The van der Waals surface area contributed by atoms with E-state index in [1.54, 1.807) is 0 Å². The molecule has 0 heterocycles. The molecule has 0 saturated heterocycles. The molecule has 0 aromatic carbocycles. The molecule has 1 atom stereocenters. The topological polar surface area (TPSA) is 65.5 Å². The lowest BCUT2D eigenvalue weighted by Crippen LogP contribution is -2.48. The maximum atomic E-state index is 7.20. The fourth-order valence-corrected chi connectivity index (χ4v) is 2.72. The van der Waals surface area contributed by atoms with Gasteiger partial charge in [-0.2, -0.15) is 0 Å². The Bertz CT molecular complexity index is 267. The normalized spacial score (nSPS) is 15.5. The number of nitrogens with zero attached hydrogens (tertiary/aromatic N) is 2. The molecule has 0 spiro atoms. The predicted octanol–water partition coefficient (Wildman–Crippen LogP) is 2.21. The standard InChI is InChI=1S/C13H28N4/c1-6-13(16-11-15,8-7-9-14)12(2,3)10-17(4)5/h15H,6-10,14H2,1-5H3. The van der Waals surface area contributed by atoms with Gasteiger partial charge in [-0.05, 0) is 39.9 Å².